The smallest absolute Gasteiger partial charge is 0.748 e. The summed E-state index contributed by atoms with van der Waals surface area (Å²) in [6.07, 6.45) is 31.4. The molecule has 0 spiro atoms. The topological polar surface area (TPSA) is 77.5 Å². The molecule has 0 radical (unpaired) electrons. The molecule has 0 aliphatic rings. The molecule has 0 aromatic heterocycles. The van der Waals surface area contributed by atoms with E-state index in [2.05, 4.69) is 6.92 Å². The Morgan fingerprint density at radius 2 is 1.06 bits per heavy atom. The van der Waals surface area contributed by atoms with Crippen LogP contribution in [0.15, 0.2) is 12.2 Å². The van der Waals surface area contributed by atoms with Crippen LogP contribution in [0.4, 0.5) is 0 Å². The van der Waals surface area contributed by atoms with Crippen LogP contribution in [-0.2, 0) is 14.9 Å². The minimum atomic E-state index is -4.15. The van der Waals surface area contributed by atoms with E-state index >= 15 is 0 Å². The van der Waals surface area contributed by atoms with Crippen molar-refractivity contribution < 1.29 is 69.1 Å². The van der Waals surface area contributed by atoms with E-state index in [1.165, 1.54) is 116 Å². The van der Waals surface area contributed by atoms with Gasteiger partial charge in [-0.2, -0.15) is 0 Å². The fourth-order valence-corrected chi connectivity index (χ4v) is 4.95. The average Bonchev–Trinajstić information content (AvgIpc) is 2.81. The van der Waals surface area contributed by atoms with Crippen LogP contribution >= 0.6 is 0 Å². The normalized spacial score (nSPS) is 11.6. The summed E-state index contributed by atoms with van der Waals surface area (Å²) < 4.78 is 31.7. The van der Waals surface area contributed by atoms with E-state index in [4.69, 9.17) is 0 Å². The summed E-state index contributed by atoms with van der Waals surface area (Å²) in [6, 6.07) is 0. The first-order valence-electron chi connectivity index (χ1n) is 14.7. The van der Waals surface area contributed by atoms with Crippen molar-refractivity contribution in [1.82, 2.24) is 4.90 Å². The molecule has 0 atom stereocenters. The van der Waals surface area contributed by atoms with Crippen LogP contribution in [-0.4, -0.2) is 43.1 Å². The van der Waals surface area contributed by atoms with Gasteiger partial charge in [-0.05, 0) is 31.8 Å². The van der Waals surface area contributed by atoms with Crippen LogP contribution in [0, 0.1) is 0 Å². The number of nitrogens with zero attached hydrogens (tertiary/aromatic N) is 1. The maximum atomic E-state index is 12.0. The summed E-state index contributed by atoms with van der Waals surface area (Å²) >= 11 is 0. The number of hydrogen-bond acceptors (Lipinski definition) is 4. The second kappa shape index (κ2) is 28.8. The molecular formula is C29H56KNO4S. The van der Waals surface area contributed by atoms with Gasteiger partial charge in [-0.1, -0.05) is 129 Å². The zero-order valence-corrected chi connectivity index (χ0v) is 28.1. The van der Waals surface area contributed by atoms with Crippen molar-refractivity contribution in [2.45, 2.75) is 148 Å². The van der Waals surface area contributed by atoms with E-state index in [0.717, 1.165) is 12.8 Å². The maximum Gasteiger partial charge on any atom is 1.00 e. The average molecular weight is 554 g/mol. The third-order valence-corrected chi connectivity index (χ3v) is 7.54. The summed E-state index contributed by atoms with van der Waals surface area (Å²) in [5, 5.41) is 0. The minimum Gasteiger partial charge on any atom is -0.748 e. The Bertz CT molecular complexity index is 610. The predicted octanol–water partition coefficient (Wildman–Crippen LogP) is 5.15. The molecule has 208 valence electrons. The number of carbonyl (C=O) groups is 1. The molecule has 5 nitrogen and oxygen atoms in total. The number of likely N-dealkylation sites (N-methyl/N-ethyl adjacent to an activating group) is 1. The molecule has 0 saturated carbocycles. The Labute approximate surface area is 267 Å². The first-order chi connectivity index (χ1) is 16.9. The van der Waals surface area contributed by atoms with Crippen molar-refractivity contribution in [3.8, 4) is 0 Å². The Kier molecular flexibility index (Phi) is 31.1. The van der Waals surface area contributed by atoms with Crippen LogP contribution in [0.5, 0.6) is 0 Å². The molecule has 0 unspecified atom stereocenters. The van der Waals surface area contributed by atoms with Gasteiger partial charge in [0.15, 0.2) is 0 Å². The molecular weight excluding hydrogens is 497 g/mol. The van der Waals surface area contributed by atoms with E-state index in [1.54, 1.807) is 18.0 Å². The zero-order chi connectivity index (χ0) is 26.0. The number of unbranched alkanes of at least 4 members (excludes halogenated alkanes) is 20. The Morgan fingerprint density at radius 1 is 0.667 bits per heavy atom. The van der Waals surface area contributed by atoms with Crippen molar-refractivity contribution >= 4 is 16.0 Å². The minimum absolute atomic E-state index is 0. The molecule has 0 aliphatic carbocycles. The van der Waals surface area contributed by atoms with Crippen molar-refractivity contribution in [2.24, 2.45) is 0 Å². The Morgan fingerprint density at radius 3 is 1.44 bits per heavy atom. The standard InChI is InChI=1S/C29H57NO4S.K/c1-3-4-5-6-7-8-9-10-11-12-13-14-15-16-17-18-19-20-21-22-23-26-29(31)30(2)27-24-25-28-35(32,33)34;/h23,26H,3-22,24-25,27-28H2,1-2H3,(H,32,33,34);/q;+1/p-1/b26-23+;. The van der Waals surface area contributed by atoms with Gasteiger partial charge in [0.05, 0.1) is 10.1 Å². The first-order valence-corrected chi connectivity index (χ1v) is 16.3. The molecule has 1 amide bonds. The van der Waals surface area contributed by atoms with Crippen LogP contribution < -0.4 is 51.4 Å². The van der Waals surface area contributed by atoms with E-state index in [-0.39, 0.29) is 63.0 Å². The van der Waals surface area contributed by atoms with Gasteiger partial charge in [0, 0.05) is 19.3 Å². The predicted molar refractivity (Wildman–Crippen MR) is 149 cm³/mol. The largest absolute Gasteiger partial charge is 1.00 e. The molecule has 0 aliphatic heterocycles. The fourth-order valence-electron chi connectivity index (χ4n) is 4.39. The zero-order valence-electron chi connectivity index (χ0n) is 24.1. The Balaban J connectivity index is 0. The third kappa shape index (κ3) is 31.0. The number of amides is 1. The van der Waals surface area contributed by atoms with Gasteiger partial charge in [0.25, 0.3) is 0 Å². The van der Waals surface area contributed by atoms with Crippen LogP contribution in [0.1, 0.15) is 148 Å². The summed E-state index contributed by atoms with van der Waals surface area (Å²) in [6.45, 7) is 2.75. The van der Waals surface area contributed by atoms with Crippen LogP contribution in [0.2, 0.25) is 0 Å². The summed E-state index contributed by atoms with van der Waals surface area (Å²) in [5.74, 6) is -0.419. The number of allylic oxidation sites excluding steroid dienone is 1. The molecule has 0 saturated heterocycles. The third-order valence-electron chi connectivity index (χ3n) is 6.75. The van der Waals surface area contributed by atoms with Crippen LogP contribution in [0.3, 0.4) is 0 Å². The molecule has 0 heterocycles. The molecule has 0 N–H and O–H groups in total. The van der Waals surface area contributed by atoms with Crippen molar-refractivity contribution in [2.75, 3.05) is 19.3 Å². The van der Waals surface area contributed by atoms with Crippen LogP contribution in [0.25, 0.3) is 0 Å². The van der Waals surface area contributed by atoms with Gasteiger partial charge in [-0.25, -0.2) is 8.42 Å². The van der Waals surface area contributed by atoms with Gasteiger partial charge in [-0.15, -0.1) is 0 Å². The van der Waals surface area contributed by atoms with E-state index in [9.17, 15) is 17.8 Å². The number of carbonyl (C=O) groups excluding carboxylic acids is 1. The fraction of sp³-hybridized carbons (Fsp3) is 0.897. The van der Waals surface area contributed by atoms with Crippen molar-refractivity contribution in [1.29, 1.82) is 0 Å². The van der Waals surface area contributed by atoms with E-state index in [0.29, 0.717) is 19.4 Å². The van der Waals surface area contributed by atoms with Gasteiger partial charge < -0.3 is 9.45 Å². The molecule has 0 bridgehead atoms. The molecule has 36 heavy (non-hydrogen) atoms. The van der Waals surface area contributed by atoms with Gasteiger partial charge in [-0.3, -0.25) is 4.79 Å². The molecule has 0 rings (SSSR count). The first kappa shape index (κ1) is 38.9. The second-order valence-corrected chi connectivity index (χ2v) is 11.8. The second-order valence-electron chi connectivity index (χ2n) is 10.3. The molecule has 0 aromatic carbocycles. The number of hydrogen-bond donors (Lipinski definition) is 0. The van der Waals surface area contributed by atoms with Gasteiger partial charge in [0.1, 0.15) is 0 Å². The van der Waals surface area contributed by atoms with E-state index in [1.807, 2.05) is 6.08 Å². The maximum absolute atomic E-state index is 12.0. The summed E-state index contributed by atoms with van der Waals surface area (Å²) in [5.41, 5.74) is 0. The van der Waals surface area contributed by atoms with Gasteiger partial charge in [0.2, 0.25) is 5.91 Å². The Hall–Kier alpha value is 0.756. The van der Waals surface area contributed by atoms with Crippen molar-refractivity contribution in [3.63, 3.8) is 0 Å². The molecule has 0 fully saturated rings. The van der Waals surface area contributed by atoms with E-state index < -0.39 is 10.1 Å². The molecule has 0 aromatic rings. The summed E-state index contributed by atoms with van der Waals surface area (Å²) in [4.78, 5) is 13.6. The number of rotatable bonds is 26. The van der Waals surface area contributed by atoms with Crippen molar-refractivity contribution in [3.05, 3.63) is 12.2 Å². The molecule has 7 heteroatoms. The quantitative estimate of drug-likeness (QED) is 0.0642. The SMILES string of the molecule is CCCCCCCCCCCCCCCCCCCCC/C=C/C(=O)N(C)CCCCS(=O)(=O)[O-].[K+]. The summed E-state index contributed by atoms with van der Waals surface area (Å²) in [7, 11) is -2.45. The van der Waals surface area contributed by atoms with Gasteiger partial charge >= 0.3 is 51.4 Å². The monoisotopic (exact) mass is 553 g/mol.